The van der Waals surface area contributed by atoms with Crippen molar-refractivity contribution >= 4 is 0 Å². The number of aromatic nitrogens is 1. The van der Waals surface area contributed by atoms with Crippen LogP contribution >= 0.6 is 0 Å². The maximum Gasteiger partial charge on any atom is 0.0987 e. The smallest absolute Gasteiger partial charge is 0.0987 e. The average molecular weight is 177 g/mol. The van der Waals surface area contributed by atoms with Gasteiger partial charge in [0.15, 0.2) is 0 Å². The van der Waals surface area contributed by atoms with E-state index in [0.717, 1.165) is 24.2 Å². The first-order valence-corrected chi connectivity index (χ1v) is 4.80. The zero-order chi connectivity index (χ0) is 9.42. The van der Waals surface area contributed by atoms with E-state index in [-0.39, 0.29) is 6.10 Å². The molecule has 1 aliphatic carbocycles. The Labute approximate surface area is 78.6 Å². The Hall–Kier alpha value is -0.890. The van der Waals surface area contributed by atoms with E-state index in [9.17, 15) is 5.11 Å². The van der Waals surface area contributed by atoms with Crippen LogP contribution in [0.2, 0.25) is 0 Å². The van der Waals surface area contributed by atoms with Gasteiger partial charge in [0.05, 0.1) is 11.8 Å². The fourth-order valence-corrected chi connectivity index (χ4v) is 1.68. The second-order valence-corrected chi connectivity index (χ2v) is 3.99. The van der Waals surface area contributed by atoms with E-state index in [1.165, 1.54) is 5.56 Å². The van der Waals surface area contributed by atoms with Gasteiger partial charge in [0.2, 0.25) is 0 Å². The van der Waals surface area contributed by atoms with Crippen molar-refractivity contribution in [3.63, 3.8) is 0 Å². The topological polar surface area (TPSA) is 33.1 Å². The molecule has 0 radical (unpaired) electrons. The lowest BCUT2D eigenvalue weighted by Crippen LogP contribution is -2.03. The van der Waals surface area contributed by atoms with Crippen LogP contribution in [-0.4, -0.2) is 10.1 Å². The predicted molar refractivity (Wildman–Crippen MR) is 51.4 cm³/mol. The molecule has 1 aromatic rings. The first-order chi connectivity index (χ1) is 6.16. The number of hydrogen-bond donors (Lipinski definition) is 1. The molecular weight excluding hydrogens is 162 g/mol. The normalized spacial score (nSPS) is 18.7. The molecule has 2 rings (SSSR count). The molecule has 1 atom stereocenters. The number of rotatable bonds is 2. The van der Waals surface area contributed by atoms with Crippen LogP contribution in [0.25, 0.3) is 0 Å². The van der Waals surface area contributed by atoms with Gasteiger partial charge in [-0.3, -0.25) is 4.98 Å². The molecule has 0 aliphatic heterocycles. The summed E-state index contributed by atoms with van der Waals surface area (Å²) < 4.78 is 0. The highest BCUT2D eigenvalue weighted by atomic mass is 16.3. The first-order valence-electron chi connectivity index (χ1n) is 4.80. The monoisotopic (exact) mass is 177 g/mol. The van der Waals surface area contributed by atoms with E-state index in [4.69, 9.17) is 0 Å². The Bertz CT molecular complexity index is 298. The highest BCUT2D eigenvalue weighted by molar-refractivity contribution is 5.21. The zero-order valence-electron chi connectivity index (χ0n) is 8.12. The number of nitrogens with zero attached hydrogens (tertiary/aromatic N) is 1. The van der Waals surface area contributed by atoms with Crippen LogP contribution in [0.15, 0.2) is 12.1 Å². The summed E-state index contributed by atoms with van der Waals surface area (Å²) in [7, 11) is 0. The molecular formula is C11H15NO. The van der Waals surface area contributed by atoms with Crippen molar-refractivity contribution in [2.75, 3.05) is 0 Å². The molecule has 0 spiro atoms. The molecule has 1 saturated carbocycles. The van der Waals surface area contributed by atoms with Crippen molar-refractivity contribution in [3.8, 4) is 0 Å². The summed E-state index contributed by atoms with van der Waals surface area (Å²) in [6.07, 6.45) is 1.96. The number of hydrogen-bond acceptors (Lipinski definition) is 2. The van der Waals surface area contributed by atoms with Crippen LogP contribution in [0.3, 0.4) is 0 Å². The number of aryl methyl sites for hydroxylation is 2. The van der Waals surface area contributed by atoms with Crippen LogP contribution < -0.4 is 0 Å². The fraction of sp³-hybridized carbons (Fsp3) is 0.545. The van der Waals surface area contributed by atoms with Gasteiger partial charge in [-0.2, -0.15) is 0 Å². The van der Waals surface area contributed by atoms with E-state index in [1.54, 1.807) is 0 Å². The van der Waals surface area contributed by atoms with Crippen molar-refractivity contribution in [2.45, 2.75) is 32.8 Å². The zero-order valence-corrected chi connectivity index (χ0v) is 8.12. The summed E-state index contributed by atoms with van der Waals surface area (Å²) in [5.74, 6) is 0.466. The van der Waals surface area contributed by atoms with Crippen LogP contribution in [0.4, 0.5) is 0 Å². The van der Waals surface area contributed by atoms with Crippen LogP contribution in [0, 0.1) is 19.8 Å². The van der Waals surface area contributed by atoms with Crippen LogP contribution in [-0.2, 0) is 0 Å². The van der Waals surface area contributed by atoms with Gasteiger partial charge >= 0.3 is 0 Å². The third-order valence-electron chi connectivity index (χ3n) is 2.49. The quantitative estimate of drug-likeness (QED) is 0.750. The van der Waals surface area contributed by atoms with Crippen molar-refractivity contribution in [1.29, 1.82) is 0 Å². The molecule has 2 heteroatoms. The maximum atomic E-state index is 9.85. The second kappa shape index (κ2) is 3.11. The summed E-state index contributed by atoms with van der Waals surface area (Å²) in [6, 6.07) is 4.01. The fourth-order valence-electron chi connectivity index (χ4n) is 1.68. The SMILES string of the molecule is Cc1cc(C)nc(C(O)C2CC2)c1. The summed E-state index contributed by atoms with van der Waals surface area (Å²) in [5.41, 5.74) is 3.02. The first kappa shape index (κ1) is 8.70. The van der Waals surface area contributed by atoms with Gasteiger partial charge in [0.25, 0.3) is 0 Å². The summed E-state index contributed by atoms with van der Waals surface area (Å²) in [6.45, 7) is 4.01. The third-order valence-corrected chi connectivity index (χ3v) is 2.49. The van der Waals surface area contributed by atoms with E-state index in [1.807, 2.05) is 26.0 Å². The maximum absolute atomic E-state index is 9.85. The van der Waals surface area contributed by atoms with Crippen LogP contribution in [0.5, 0.6) is 0 Å². The number of aliphatic hydroxyl groups excluding tert-OH is 1. The Balaban J connectivity index is 2.27. The van der Waals surface area contributed by atoms with Gasteiger partial charge < -0.3 is 5.11 Å². The Morgan fingerprint density at radius 2 is 2.08 bits per heavy atom. The van der Waals surface area contributed by atoms with E-state index >= 15 is 0 Å². The minimum Gasteiger partial charge on any atom is -0.387 e. The highest BCUT2D eigenvalue weighted by Gasteiger charge is 2.31. The molecule has 70 valence electrons. The largest absolute Gasteiger partial charge is 0.387 e. The molecule has 0 bridgehead atoms. The third kappa shape index (κ3) is 1.89. The van der Waals surface area contributed by atoms with Gasteiger partial charge in [0.1, 0.15) is 0 Å². The highest BCUT2D eigenvalue weighted by Crippen LogP contribution is 2.40. The molecule has 1 fully saturated rings. The van der Waals surface area contributed by atoms with Gasteiger partial charge in [0, 0.05) is 5.69 Å². The average Bonchev–Trinajstić information content (AvgIpc) is 2.83. The lowest BCUT2D eigenvalue weighted by Gasteiger charge is -2.09. The Morgan fingerprint density at radius 3 is 2.62 bits per heavy atom. The standard InChI is InChI=1S/C11H15NO/c1-7-5-8(2)12-10(6-7)11(13)9-3-4-9/h5-6,9,11,13H,3-4H2,1-2H3. The Kier molecular flexibility index (Phi) is 2.08. The molecule has 0 aromatic carbocycles. The lowest BCUT2D eigenvalue weighted by molar-refractivity contribution is 0.149. The summed E-state index contributed by atoms with van der Waals surface area (Å²) in [4.78, 5) is 4.35. The Morgan fingerprint density at radius 1 is 1.38 bits per heavy atom. The molecule has 1 aromatic heterocycles. The van der Waals surface area contributed by atoms with Gasteiger partial charge in [-0.25, -0.2) is 0 Å². The summed E-state index contributed by atoms with van der Waals surface area (Å²) >= 11 is 0. The molecule has 13 heavy (non-hydrogen) atoms. The predicted octanol–water partition coefficient (Wildman–Crippen LogP) is 2.14. The molecule has 1 unspecified atom stereocenters. The van der Waals surface area contributed by atoms with Gasteiger partial charge in [-0.1, -0.05) is 0 Å². The van der Waals surface area contributed by atoms with E-state index in [0.29, 0.717) is 5.92 Å². The van der Waals surface area contributed by atoms with Crippen molar-refractivity contribution in [3.05, 3.63) is 29.1 Å². The molecule has 0 amide bonds. The molecule has 1 N–H and O–H groups in total. The van der Waals surface area contributed by atoms with Gasteiger partial charge in [-0.15, -0.1) is 0 Å². The number of aliphatic hydroxyl groups is 1. The van der Waals surface area contributed by atoms with E-state index < -0.39 is 0 Å². The molecule has 1 heterocycles. The van der Waals surface area contributed by atoms with Crippen molar-refractivity contribution < 1.29 is 5.11 Å². The van der Waals surface area contributed by atoms with E-state index in [2.05, 4.69) is 4.98 Å². The molecule has 0 saturated heterocycles. The molecule has 2 nitrogen and oxygen atoms in total. The second-order valence-electron chi connectivity index (χ2n) is 3.99. The number of pyridine rings is 1. The van der Waals surface area contributed by atoms with Crippen molar-refractivity contribution in [1.82, 2.24) is 4.98 Å². The summed E-state index contributed by atoms with van der Waals surface area (Å²) in [5, 5.41) is 9.85. The minimum atomic E-state index is -0.335. The minimum absolute atomic E-state index is 0.335. The molecule has 1 aliphatic rings. The van der Waals surface area contributed by atoms with Crippen molar-refractivity contribution in [2.24, 2.45) is 5.92 Å². The van der Waals surface area contributed by atoms with Crippen LogP contribution in [0.1, 0.15) is 35.9 Å². The van der Waals surface area contributed by atoms with Gasteiger partial charge in [-0.05, 0) is 50.3 Å². The lowest BCUT2D eigenvalue weighted by atomic mass is 10.1.